The van der Waals surface area contributed by atoms with Gasteiger partial charge in [-0.25, -0.2) is 14.5 Å². The number of hydroxylamine groups is 2. The van der Waals surface area contributed by atoms with Gasteiger partial charge in [-0.3, -0.25) is 0 Å². The quantitative estimate of drug-likeness (QED) is 0.740. The average Bonchev–Trinajstić information content (AvgIpc) is 2.81. The fourth-order valence-corrected chi connectivity index (χ4v) is 1.16. The molecule has 1 fully saturated rings. The highest BCUT2D eigenvalue weighted by Gasteiger charge is 2.22. The maximum Gasteiger partial charge on any atom is 0.460 e. The maximum absolute atomic E-state index is 11.3. The van der Waals surface area contributed by atoms with Crippen molar-refractivity contribution in [2.75, 3.05) is 13.2 Å². The number of hydrogen-bond acceptors (Lipinski definition) is 4. The van der Waals surface area contributed by atoms with Crippen LogP contribution < -0.4 is 0 Å². The van der Waals surface area contributed by atoms with Gasteiger partial charge in [-0.15, -0.1) is 0 Å². The summed E-state index contributed by atoms with van der Waals surface area (Å²) in [6, 6.07) is 9.41. The van der Waals surface area contributed by atoms with Gasteiger partial charge in [0.25, 0.3) is 0 Å². The van der Waals surface area contributed by atoms with Crippen LogP contribution >= 0.6 is 0 Å². The molecule has 0 N–H and O–H groups in total. The molecule has 80 valence electrons. The van der Waals surface area contributed by atoms with Crippen LogP contribution in [0.2, 0.25) is 0 Å². The highest BCUT2D eigenvalue weighted by atomic mass is 17.0. The molecule has 1 aliphatic rings. The molecule has 1 aliphatic heterocycles. The third kappa shape index (κ3) is 2.68. The van der Waals surface area contributed by atoms with Gasteiger partial charge in [0, 0.05) is 0 Å². The van der Waals surface area contributed by atoms with Gasteiger partial charge in [0.2, 0.25) is 0 Å². The molecular formula is C10H11NO4. The fourth-order valence-electron chi connectivity index (χ4n) is 1.16. The van der Waals surface area contributed by atoms with Crippen molar-refractivity contribution in [1.82, 2.24) is 5.23 Å². The first-order chi connectivity index (χ1) is 7.36. The molecule has 2 rings (SSSR count). The molecule has 0 bridgehead atoms. The molecule has 0 aromatic heterocycles. The summed E-state index contributed by atoms with van der Waals surface area (Å²) in [6.45, 7) is 0.962. The minimum absolute atomic E-state index is 0.211. The first-order valence-electron chi connectivity index (χ1n) is 4.63. The number of hydrogen-bond donors (Lipinski definition) is 0. The molecule has 0 spiro atoms. The number of ether oxygens (including phenoxy) is 1. The molecule has 15 heavy (non-hydrogen) atoms. The highest BCUT2D eigenvalue weighted by molar-refractivity contribution is 5.65. The van der Waals surface area contributed by atoms with Crippen LogP contribution in [0.25, 0.3) is 0 Å². The number of carbonyl (C=O) groups excluding carboxylic acids is 1. The zero-order valence-corrected chi connectivity index (χ0v) is 8.09. The van der Waals surface area contributed by atoms with Crippen molar-refractivity contribution in [3.63, 3.8) is 0 Å². The van der Waals surface area contributed by atoms with E-state index in [0.29, 0.717) is 13.2 Å². The van der Waals surface area contributed by atoms with Gasteiger partial charge in [0.15, 0.2) is 0 Å². The van der Waals surface area contributed by atoms with Crippen LogP contribution in [0.4, 0.5) is 4.79 Å². The monoisotopic (exact) mass is 209 g/mol. The van der Waals surface area contributed by atoms with Gasteiger partial charge in [0.1, 0.15) is 19.8 Å². The molecule has 1 saturated heterocycles. The van der Waals surface area contributed by atoms with Crippen molar-refractivity contribution >= 4 is 6.09 Å². The Bertz CT molecular complexity index is 321. The first kappa shape index (κ1) is 9.95. The largest absolute Gasteiger partial charge is 0.460 e. The molecule has 0 saturated carbocycles. The third-order valence-electron chi connectivity index (χ3n) is 1.85. The summed E-state index contributed by atoms with van der Waals surface area (Å²) in [6.07, 6.45) is -0.628. The van der Waals surface area contributed by atoms with Crippen LogP contribution in [0.5, 0.6) is 0 Å². The predicted molar refractivity (Wildman–Crippen MR) is 50.4 cm³/mol. The Kier molecular flexibility index (Phi) is 3.16. The summed E-state index contributed by atoms with van der Waals surface area (Å²) >= 11 is 0. The van der Waals surface area contributed by atoms with Crippen LogP contribution in [0.3, 0.4) is 0 Å². The van der Waals surface area contributed by atoms with E-state index in [0.717, 1.165) is 10.8 Å². The van der Waals surface area contributed by atoms with Crippen LogP contribution in [-0.4, -0.2) is 24.5 Å². The summed E-state index contributed by atoms with van der Waals surface area (Å²) in [5, 5.41) is 0.767. The Morgan fingerprint density at radius 1 is 1.27 bits per heavy atom. The standard InChI is InChI=1S/C10H11NO4/c12-10(11-14-6-7-15-11)13-8-9-4-2-1-3-5-9/h1-5H,6-8H2. The molecule has 1 aromatic rings. The molecule has 0 aliphatic carbocycles. The summed E-state index contributed by atoms with van der Waals surface area (Å²) in [7, 11) is 0. The van der Waals surface area contributed by atoms with E-state index in [4.69, 9.17) is 14.4 Å². The van der Waals surface area contributed by atoms with Crippen molar-refractivity contribution in [1.29, 1.82) is 0 Å². The van der Waals surface area contributed by atoms with E-state index in [9.17, 15) is 4.79 Å². The fraction of sp³-hybridized carbons (Fsp3) is 0.300. The van der Waals surface area contributed by atoms with Crippen molar-refractivity contribution < 1.29 is 19.2 Å². The lowest BCUT2D eigenvalue weighted by Gasteiger charge is -2.11. The molecule has 0 radical (unpaired) electrons. The second kappa shape index (κ2) is 4.77. The Morgan fingerprint density at radius 3 is 2.60 bits per heavy atom. The highest BCUT2D eigenvalue weighted by Crippen LogP contribution is 2.07. The lowest BCUT2D eigenvalue weighted by Crippen LogP contribution is -2.25. The third-order valence-corrected chi connectivity index (χ3v) is 1.85. The molecule has 0 atom stereocenters. The molecule has 1 amide bonds. The Hall–Kier alpha value is -1.59. The number of amides is 1. The molecule has 1 aromatic carbocycles. The smallest absolute Gasteiger partial charge is 0.441 e. The van der Waals surface area contributed by atoms with Crippen molar-refractivity contribution in [2.24, 2.45) is 0 Å². The van der Waals surface area contributed by atoms with E-state index < -0.39 is 6.09 Å². The van der Waals surface area contributed by atoms with Crippen molar-refractivity contribution in [2.45, 2.75) is 6.61 Å². The summed E-state index contributed by atoms with van der Waals surface area (Å²) in [5.41, 5.74) is 0.921. The Labute approximate surface area is 87.1 Å². The Balaban J connectivity index is 1.80. The minimum atomic E-state index is -0.628. The number of carbonyl (C=O) groups is 1. The van der Waals surface area contributed by atoms with Crippen LogP contribution in [0.1, 0.15) is 5.56 Å². The first-order valence-corrected chi connectivity index (χ1v) is 4.63. The number of benzene rings is 1. The van der Waals surface area contributed by atoms with Gasteiger partial charge >= 0.3 is 6.09 Å². The lowest BCUT2D eigenvalue weighted by atomic mass is 10.2. The van der Waals surface area contributed by atoms with Gasteiger partial charge in [-0.05, 0) is 10.8 Å². The van der Waals surface area contributed by atoms with Crippen molar-refractivity contribution in [3.05, 3.63) is 35.9 Å². The normalized spacial score (nSPS) is 15.3. The predicted octanol–water partition coefficient (Wildman–Crippen LogP) is 1.50. The average molecular weight is 209 g/mol. The maximum atomic E-state index is 11.3. The van der Waals surface area contributed by atoms with Crippen LogP contribution in [0, 0.1) is 0 Å². The van der Waals surface area contributed by atoms with E-state index >= 15 is 0 Å². The van der Waals surface area contributed by atoms with E-state index in [-0.39, 0.29) is 6.61 Å². The summed E-state index contributed by atoms with van der Waals surface area (Å²) in [4.78, 5) is 21.0. The molecule has 5 nitrogen and oxygen atoms in total. The minimum Gasteiger partial charge on any atom is -0.441 e. The van der Waals surface area contributed by atoms with Crippen LogP contribution in [0.15, 0.2) is 30.3 Å². The van der Waals surface area contributed by atoms with Gasteiger partial charge in [0.05, 0.1) is 0 Å². The van der Waals surface area contributed by atoms with E-state index in [2.05, 4.69) is 0 Å². The van der Waals surface area contributed by atoms with Crippen LogP contribution in [-0.2, 0) is 21.0 Å². The molecule has 0 unspecified atom stereocenters. The molecule has 5 heteroatoms. The van der Waals surface area contributed by atoms with E-state index in [1.807, 2.05) is 30.3 Å². The van der Waals surface area contributed by atoms with Gasteiger partial charge in [-0.2, -0.15) is 0 Å². The Morgan fingerprint density at radius 2 is 1.93 bits per heavy atom. The second-order valence-corrected chi connectivity index (χ2v) is 2.96. The number of rotatable bonds is 2. The van der Waals surface area contributed by atoms with E-state index in [1.54, 1.807) is 0 Å². The molecule has 1 heterocycles. The van der Waals surface area contributed by atoms with Gasteiger partial charge in [-0.1, -0.05) is 30.3 Å². The topological polar surface area (TPSA) is 48.0 Å². The lowest BCUT2D eigenvalue weighted by molar-refractivity contribution is -0.265. The van der Waals surface area contributed by atoms with Gasteiger partial charge < -0.3 is 4.74 Å². The number of nitrogens with zero attached hydrogens (tertiary/aromatic N) is 1. The zero-order valence-electron chi connectivity index (χ0n) is 8.09. The molecular weight excluding hydrogens is 198 g/mol. The summed E-state index contributed by atoms with van der Waals surface area (Å²) in [5.74, 6) is 0. The van der Waals surface area contributed by atoms with Crippen molar-refractivity contribution in [3.8, 4) is 0 Å². The zero-order chi connectivity index (χ0) is 10.5. The summed E-state index contributed by atoms with van der Waals surface area (Å²) < 4.78 is 4.95. The SMILES string of the molecule is O=C(OCc1ccccc1)N1OCCO1. The van der Waals surface area contributed by atoms with E-state index in [1.165, 1.54) is 0 Å². The second-order valence-electron chi connectivity index (χ2n) is 2.96.